The minimum atomic E-state index is -0.628. The van der Waals surface area contributed by atoms with Crippen LogP contribution in [0.15, 0.2) is 30.9 Å². The van der Waals surface area contributed by atoms with Gasteiger partial charge in [0.1, 0.15) is 0 Å². The number of nitrogens with two attached hydrogens (primary N) is 1. The van der Waals surface area contributed by atoms with Gasteiger partial charge in [-0.15, -0.1) is 6.58 Å². The maximum absolute atomic E-state index is 12.9. The highest BCUT2D eigenvalue weighted by Crippen LogP contribution is 2.22. The van der Waals surface area contributed by atoms with E-state index in [4.69, 9.17) is 10.8 Å². The van der Waals surface area contributed by atoms with Gasteiger partial charge in [0, 0.05) is 6.04 Å². The molecule has 1 aromatic carbocycles. The van der Waals surface area contributed by atoms with Gasteiger partial charge in [-0.1, -0.05) is 12.1 Å². The molecule has 0 fully saturated rings. The van der Waals surface area contributed by atoms with Crippen LogP contribution >= 0.6 is 0 Å². The summed E-state index contributed by atoms with van der Waals surface area (Å²) in [6.07, 6.45) is 3.30. The van der Waals surface area contributed by atoms with E-state index in [0.29, 0.717) is 5.56 Å². The van der Waals surface area contributed by atoms with E-state index in [9.17, 15) is 4.39 Å². The summed E-state index contributed by atoms with van der Waals surface area (Å²) in [5.74, 6) is -0.971. The molecule has 0 saturated heterocycles. The highest BCUT2D eigenvalue weighted by atomic mass is 19.1. The van der Waals surface area contributed by atoms with E-state index in [1.165, 1.54) is 12.1 Å². The summed E-state index contributed by atoms with van der Waals surface area (Å²) in [5, 5.41) is 8.97. The van der Waals surface area contributed by atoms with Gasteiger partial charge < -0.3 is 10.8 Å². The first-order valence-electron chi connectivity index (χ1n) is 4.50. The van der Waals surface area contributed by atoms with Crippen molar-refractivity contribution in [1.29, 1.82) is 0 Å². The maximum Gasteiger partial charge on any atom is 0.165 e. The van der Waals surface area contributed by atoms with Crippen molar-refractivity contribution in [3.63, 3.8) is 0 Å². The molecule has 1 aromatic rings. The molecule has 0 unspecified atom stereocenters. The number of rotatable bonds is 4. The number of allylic oxidation sites excluding steroid dienone is 1. The lowest BCUT2D eigenvalue weighted by Crippen LogP contribution is -2.09. The molecule has 0 bridgehead atoms. The Morgan fingerprint density at radius 1 is 1.57 bits per heavy atom. The van der Waals surface area contributed by atoms with E-state index in [1.54, 1.807) is 12.1 Å². The summed E-state index contributed by atoms with van der Waals surface area (Å²) in [6, 6.07) is 4.01. The van der Waals surface area contributed by atoms with Crippen LogP contribution in [0.5, 0.6) is 5.75 Å². The highest BCUT2D eigenvalue weighted by Gasteiger charge is 2.07. The molecule has 0 spiro atoms. The quantitative estimate of drug-likeness (QED) is 0.725. The molecule has 76 valence electrons. The predicted octanol–water partition coefficient (Wildman–Crippen LogP) is 2.50. The van der Waals surface area contributed by atoms with E-state index in [1.807, 2.05) is 0 Å². The molecule has 1 atom stereocenters. The van der Waals surface area contributed by atoms with Gasteiger partial charge in [0.25, 0.3) is 0 Å². The van der Waals surface area contributed by atoms with Crippen molar-refractivity contribution >= 4 is 0 Å². The monoisotopic (exact) mass is 195 g/mol. The molecule has 0 heterocycles. The Balaban J connectivity index is 2.75. The van der Waals surface area contributed by atoms with E-state index < -0.39 is 5.82 Å². The normalized spacial score (nSPS) is 12.4. The lowest BCUT2D eigenvalue weighted by molar-refractivity contribution is 0.431. The number of halogens is 1. The Hall–Kier alpha value is -1.35. The average molecular weight is 195 g/mol. The fourth-order valence-corrected chi connectivity index (χ4v) is 1.22. The third-order valence-corrected chi connectivity index (χ3v) is 2.08. The van der Waals surface area contributed by atoms with E-state index >= 15 is 0 Å². The minimum Gasteiger partial charge on any atom is -0.505 e. The third kappa shape index (κ3) is 2.57. The third-order valence-electron chi connectivity index (χ3n) is 2.08. The lowest BCUT2D eigenvalue weighted by atomic mass is 10.0. The molecule has 1 rings (SSSR count). The maximum atomic E-state index is 12.9. The summed E-state index contributed by atoms with van der Waals surface area (Å²) in [7, 11) is 0. The van der Waals surface area contributed by atoms with Crippen LogP contribution in [0.25, 0.3) is 0 Å². The van der Waals surface area contributed by atoms with Crippen molar-refractivity contribution in [3.05, 3.63) is 42.2 Å². The second-order valence-electron chi connectivity index (χ2n) is 3.18. The topological polar surface area (TPSA) is 46.2 Å². The number of aromatic hydroxyl groups is 1. The van der Waals surface area contributed by atoms with Gasteiger partial charge in [-0.2, -0.15) is 0 Å². The molecule has 3 N–H and O–H groups in total. The minimum absolute atomic E-state index is 0.205. The Bertz CT molecular complexity index is 325. The molecule has 0 aliphatic carbocycles. The molecule has 3 heteroatoms. The van der Waals surface area contributed by atoms with Crippen LogP contribution in [-0.2, 0) is 0 Å². The zero-order valence-corrected chi connectivity index (χ0v) is 7.91. The molecule has 2 nitrogen and oxygen atoms in total. The van der Waals surface area contributed by atoms with Gasteiger partial charge in [-0.3, -0.25) is 0 Å². The van der Waals surface area contributed by atoms with Crippen LogP contribution < -0.4 is 5.73 Å². The van der Waals surface area contributed by atoms with Gasteiger partial charge >= 0.3 is 0 Å². The zero-order valence-electron chi connectivity index (χ0n) is 7.91. The number of hydrogen-bond acceptors (Lipinski definition) is 2. The molecular weight excluding hydrogens is 181 g/mol. The summed E-state index contributed by atoms with van der Waals surface area (Å²) in [5.41, 5.74) is 6.50. The fraction of sp³-hybridized carbons (Fsp3) is 0.273. The average Bonchev–Trinajstić information content (AvgIpc) is 2.18. The summed E-state index contributed by atoms with van der Waals surface area (Å²) in [4.78, 5) is 0. The molecule has 0 saturated carbocycles. The van der Waals surface area contributed by atoms with E-state index in [0.717, 1.165) is 12.8 Å². The number of phenols is 1. The Kier molecular flexibility index (Phi) is 3.65. The molecule has 0 aliphatic rings. The Morgan fingerprint density at radius 3 is 2.86 bits per heavy atom. The van der Waals surface area contributed by atoms with Crippen LogP contribution in [0, 0.1) is 5.82 Å². The molecular formula is C11H14FNO. The van der Waals surface area contributed by atoms with Gasteiger partial charge in [0.05, 0.1) is 0 Å². The molecule has 0 radical (unpaired) electrons. The zero-order chi connectivity index (χ0) is 10.6. The van der Waals surface area contributed by atoms with Crippen molar-refractivity contribution in [2.24, 2.45) is 5.73 Å². The van der Waals surface area contributed by atoms with Gasteiger partial charge in [-0.25, -0.2) is 4.39 Å². The molecule has 0 amide bonds. The smallest absolute Gasteiger partial charge is 0.165 e. The summed E-state index contributed by atoms with van der Waals surface area (Å²) >= 11 is 0. The lowest BCUT2D eigenvalue weighted by Gasteiger charge is -2.10. The van der Waals surface area contributed by atoms with Crippen molar-refractivity contribution in [2.75, 3.05) is 0 Å². The number of phenolic OH excluding ortho intramolecular Hbond substituents is 1. The first kappa shape index (κ1) is 10.7. The molecule has 0 aliphatic heterocycles. The summed E-state index contributed by atoms with van der Waals surface area (Å²) < 4.78 is 12.9. The fourth-order valence-electron chi connectivity index (χ4n) is 1.22. The Labute approximate surface area is 82.9 Å². The molecule has 14 heavy (non-hydrogen) atoms. The standard InChI is InChI=1S/C11H14FNO/c1-2-3-4-10(13)8-5-6-11(14)9(12)7-8/h2,5-7,10,14H,1,3-4,13H2/t10-/m1/s1. The molecule has 0 aromatic heterocycles. The van der Waals surface area contributed by atoms with Crippen LogP contribution in [-0.4, -0.2) is 5.11 Å². The Morgan fingerprint density at radius 2 is 2.29 bits per heavy atom. The SMILES string of the molecule is C=CCC[C@@H](N)c1ccc(O)c(F)c1. The number of benzene rings is 1. The highest BCUT2D eigenvalue weighted by molar-refractivity contribution is 5.29. The summed E-state index contributed by atoms with van der Waals surface area (Å²) in [6.45, 7) is 3.59. The van der Waals surface area contributed by atoms with E-state index in [-0.39, 0.29) is 11.8 Å². The first-order chi connectivity index (χ1) is 6.65. The van der Waals surface area contributed by atoms with Crippen LogP contribution in [0.2, 0.25) is 0 Å². The van der Waals surface area contributed by atoms with Crippen molar-refractivity contribution in [2.45, 2.75) is 18.9 Å². The van der Waals surface area contributed by atoms with Crippen molar-refractivity contribution in [3.8, 4) is 5.75 Å². The van der Waals surface area contributed by atoms with Crippen molar-refractivity contribution < 1.29 is 9.50 Å². The van der Waals surface area contributed by atoms with Crippen LogP contribution in [0.4, 0.5) is 4.39 Å². The number of hydrogen-bond donors (Lipinski definition) is 2. The van der Waals surface area contributed by atoms with Crippen LogP contribution in [0.1, 0.15) is 24.4 Å². The van der Waals surface area contributed by atoms with E-state index in [2.05, 4.69) is 6.58 Å². The largest absolute Gasteiger partial charge is 0.505 e. The first-order valence-corrected chi connectivity index (χ1v) is 4.50. The van der Waals surface area contributed by atoms with Gasteiger partial charge in [0.15, 0.2) is 11.6 Å². The van der Waals surface area contributed by atoms with Crippen molar-refractivity contribution in [1.82, 2.24) is 0 Å². The second-order valence-corrected chi connectivity index (χ2v) is 3.18. The predicted molar refractivity (Wildman–Crippen MR) is 54.4 cm³/mol. The second kappa shape index (κ2) is 4.77. The van der Waals surface area contributed by atoms with Crippen LogP contribution in [0.3, 0.4) is 0 Å². The van der Waals surface area contributed by atoms with Gasteiger partial charge in [0.2, 0.25) is 0 Å². The van der Waals surface area contributed by atoms with Gasteiger partial charge in [-0.05, 0) is 30.5 Å².